The molecule has 0 fully saturated rings. The largest absolute Gasteiger partial charge is 0.311 e. The molecule has 0 saturated carbocycles. The fourth-order valence-electron chi connectivity index (χ4n) is 12.8. The van der Waals surface area contributed by atoms with E-state index in [9.17, 15) is 28.8 Å². The number of fused-ring (bicyclic) bond motifs is 3. The van der Waals surface area contributed by atoms with E-state index in [0.29, 0.717) is 53.0 Å². The Bertz CT molecular complexity index is 3720. The molecule has 13 heteroatoms. The van der Waals surface area contributed by atoms with Gasteiger partial charge in [-0.1, -0.05) is 172 Å². The van der Waals surface area contributed by atoms with Crippen LogP contribution in [-0.4, -0.2) is 69.8 Å². The van der Waals surface area contributed by atoms with Crippen molar-refractivity contribution < 1.29 is 28.8 Å². The van der Waals surface area contributed by atoms with Gasteiger partial charge in [-0.05, 0) is 162 Å². The van der Waals surface area contributed by atoms with Crippen LogP contribution in [0.3, 0.4) is 0 Å². The van der Waals surface area contributed by atoms with Gasteiger partial charge >= 0.3 is 0 Å². The van der Waals surface area contributed by atoms with E-state index in [-0.39, 0.29) is 35.4 Å². The van der Waals surface area contributed by atoms with Crippen molar-refractivity contribution in [3.63, 3.8) is 0 Å². The number of benzene rings is 6. The molecule has 9 aromatic rings. The summed E-state index contributed by atoms with van der Waals surface area (Å²) in [4.78, 5) is 93.7. The van der Waals surface area contributed by atoms with Gasteiger partial charge in [0.1, 0.15) is 0 Å². The molecule has 0 N–H and O–H groups in total. The lowest BCUT2D eigenvalue weighted by atomic mass is 10.0. The highest BCUT2D eigenvalue weighted by atomic mass is 32.1. The average molecular weight is 1260 g/mol. The smallest absolute Gasteiger partial charge is 0.261 e. The molecule has 10 nitrogen and oxygen atoms in total. The number of carbonyl (C=O) groups is 6. The number of rotatable bonds is 30. The van der Waals surface area contributed by atoms with Crippen LogP contribution in [0.4, 0.5) is 17.1 Å². The molecule has 3 aliphatic rings. The molecule has 6 amide bonds. The number of imide groups is 3. The summed E-state index contributed by atoms with van der Waals surface area (Å²) in [6, 6.07) is 55.4. The number of anilines is 3. The van der Waals surface area contributed by atoms with Gasteiger partial charge < -0.3 is 4.90 Å². The lowest BCUT2D eigenvalue weighted by Crippen LogP contribution is -2.30. The summed E-state index contributed by atoms with van der Waals surface area (Å²) < 4.78 is 0. The van der Waals surface area contributed by atoms with E-state index in [4.69, 9.17) is 0 Å². The van der Waals surface area contributed by atoms with Crippen LogP contribution in [0.5, 0.6) is 0 Å². The minimum absolute atomic E-state index is 0.198. The van der Waals surface area contributed by atoms with Crippen LogP contribution in [0.2, 0.25) is 0 Å². The maximum Gasteiger partial charge on any atom is 0.261 e. The number of unbranched alkanes of at least 4 members (excludes halogenated alkanes) is 15. The van der Waals surface area contributed by atoms with Gasteiger partial charge in [-0.2, -0.15) is 0 Å². The van der Waals surface area contributed by atoms with E-state index < -0.39 is 0 Å². The Morgan fingerprint density at radius 3 is 0.736 bits per heavy atom. The number of nitrogens with zero attached hydrogens (tertiary/aromatic N) is 4. The van der Waals surface area contributed by atoms with E-state index in [1.54, 1.807) is 34.0 Å². The molecule has 12 rings (SSSR count). The van der Waals surface area contributed by atoms with Crippen molar-refractivity contribution >= 4 is 86.5 Å². The Hall–Kier alpha value is -8.36. The average Bonchev–Trinajstić information content (AvgIpc) is 1.71. The summed E-state index contributed by atoms with van der Waals surface area (Å²) in [5, 5.41) is 0. The Morgan fingerprint density at radius 2 is 0.473 bits per heavy atom. The predicted octanol–water partition coefficient (Wildman–Crippen LogP) is 21.2. The minimum Gasteiger partial charge on any atom is -0.311 e. The third-order valence-corrected chi connectivity index (χ3v) is 21.6. The number of amides is 6. The fraction of sp³-hybridized carbons (Fsp3) is 0.308. The third kappa shape index (κ3) is 13.5. The number of thiophene rings is 3. The first-order valence-corrected chi connectivity index (χ1v) is 35.4. The first-order valence-electron chi connectivity index (χ1n) is 32.9. The second kappa shape index (κ2) is 28.9. The van der Waals surface area contributed by atoms with Gasteiger partial charge in [-0.3, -0.25) is 43.5 Å². The summed E-state index contributed by atoms with van der Waals surface area (Å²) in [5.41, 5.74) is 11.7. The minimum atomic E-state index is -0.204. The molecule has 6 aromatic carbocycles. The van der Waals surface area contributed by atoms with Gasteiger partial charge in [-0.15, -0.1) is 34.0 Å². The zero-order valence-electron chi connectivity index (χ0n) is 52.4. The number of hydrogen-bond donors (Lipinski definition) is 0. The van der Waals surface area contributed by atoms with Gasteiger partial charge in [-0.25, -0.2) is 0 Å². The van der Waals surface area contributed by atoms with Gasteiger partial charge in [0.2, 0.25) is 0 Å². The quantitative estimate of drug-likeness (QED) is 0.0325. The summed E-state index contributed by atoms with van der Waals surface area (Å²) in [7, 11) is 0. The second-order valence-electron chi connectivity index (χ2n) is 24.3. The van der Waals surface area contributed by atoms with Crippen LogP contribution in [0, 0.1) is 0 Å². The molecule has 0 saturated heterocycles. The zero-order chi connectivity index (χ0) is 63.0. The van der Waals surface area contributed by atoms with Crippen molar-refractivity contribution in [2.45, 2.75) is 136 Å². The molecule has 0 radical (unpaired) electrons. The van der Waals surface area contributed by atoms with E-state index in [1.807, 2.05) is 54.6 Å². The highest BCUT2D eigenvalue weighted by Crippen LogP contribution is 2.44. The molecular weight excluding hydrogens is 1190 g/mol. The molecule has 0 spiro atoms. The number of carbonyl (C=O) groups excluding carboxylic acids is 6. The molecule has 0 bridgehead atoms. The lowest BCUT2D eigenvalue weighted by molar-refractivity contribution is 0.0636. The maximum absolute atomic E-state index is 13.6. The van der Waals surface area contributed by atoms with Crippen LogP contribution >= 0.6 is 34.0 Å². The van der Waals surface area contributed by atoms with E-state index in [1.165, 1.54) is 72.5 Å². The Kier molecular flexibility index (Phi) is 19.9. The third-order valence-electron chi connectivity index (χ3n) is 18.0. The number of hydrogen-bond acceptors (Lipinski definition) is 10. The summed E-state index contributed by atoms with van der Waals surface area (Å²) in [5.74, 6) is -1.21. The topological polar surface area (TPSA) is 115 Å². The van der Waals surface area contributed by atoms with E-state index in [2.05, 4.69) is 135 Å². The first-order chi connectivity index (χ1) is 44.5. The zero-order valence-corrected chi connectivity index (χ0v) is 54.9. The summed E-state index contributed by atoms with van der Waals surface area (Å²) in [6.45, 7) is 7.94. The Labute approximate surface area is 547 Å². The van der Waals surface area contributed by atoms with Crippen molar-refractivity contribution in [2.24, 2.45) is 0 Å². The van der Waals surface area contributed by atoms with Gasteiger partial charge in [0.05, 0.1) is 33.4 Å². The van der Waals surface area contributed by atoms with Gasteiger partial charge in [0, 0.05) is 66.0 Å². The molecule has 464 valence electrons. The summed E-state index contributed by atoms with van der Waals surface area (Å²) in [6.07, 6.45) is 19.5. The molecule has 3 aromatic heterocycles. The predicted molar refractivity (Wildman–Crippen MR) is 374 cm³/mol. The summed E-state index contributed by atoms with van der Waals surface area (Å²) >= 11 is 4.97. The van der Waals surface area contributed by atoms with Crippen LogP contribution in [-0.2, 0) is 0 Å². The van der Waals surface area contributed by atoms with Gasteiger partial charge in [0.15, 0.2) is 0 Å². The van der Waals surface area contributed by atoms with Crippen LogP contribution in [0.1, 0.15) is 198 Å². The molecule has 6 heterocycles. The Morgan fingerprint density at radius 1 is 0.253 bits per heavy atom. The highest BCUT2D eigenvalue weighted by molar-refractivity contribution is 7.19. The van der Waals surface area contributed by atoms with Gasteiger partial charge in [0.25, 0.3) is 35.4 Å². The van der Waals surface area contributed by atoms with E-state index in [0.717, 1.165) is 137 Å². The Balaban J connectivity index is 0.776. The van der Waals surface area contributed by atoms with Crippen molar-refractivity contribution in [1.29, 1.82) is 0 Å². The molecule has 0 unspecified atom stereocenters. The monoisotopic (exact) mass is 1260 g/mol. The standard InChI is InChI=1S/C78H78N4O6S3/c1-4-7-10-13-16-19-46-79-73(83)61-37-28-55(49-64(61)76(79)86)70-43-40-67(89-70)52-22-31-58(32-23-52)82(59-33-24-53(25-34-59)68-41-44-71(90-68)56-29-38-62-65(50-56)77(87)80(74(62)84)47-20-17-14-11-8-5-2)60-35-26-54(27-36-60)69-42-45-72(91-69)57-30-39-63-66(51-57)78(88)81(75(63)85)48-21-18-15-12-9-6-3/h22-45,49-51H,4-21,46-48H2,1-3H3. The van der Waals surface area contributed by atoms with Crippen molar-refractivity contribution in [3.05, 3.63) is 197 Å². The first kappa shape index (κ1) is 62.8. The normalized spacial score (nSPS) is 13.5. The van der Waals surface area contributed by atoms with Crippen molar-refractivity contribution in [1.82, 2.24) is 14.7 Å². The second-order valence-corrected chi connectivity index (χ2v) is 27.6. The maximum atomic E-state index is 13.6. The molecule has 91 heavy (non-hydrogen) atoms. The van der Waals surface area contributed by atoms with Crippen LogP contribution in [0.15, 0.2) is 164 Å². The highest BCUT2D eigenvalue weighted by Gasteiger charge is 2.38. The van der Waals surface area contributed by atoms with Crippen molar-refractivity contribution in [3.8, 4) is 62.6 Å². The lowest BCUT2D eigenvalue weighted by Gasteiger charge is -2.26. The van der Waals surface area contributed by atoms with E-state index >= 15 is 0 Å². The SMILES string of the molecule is CCCCCCCCN1C(=O)c2ccc(-c3ccc(-c4ccc(N(c5ccc(-c6ccc(-c7ccc8c(c7)C(=O)N(CCCCCCCC)C8=O)s6)cc5)c5ccc(-c6ccc(-c7ccc8c(c7)C(=O)N(CCCCCCCC)C8=O)s6)cc5)cc4)s3)cc2C1=O. The van der Waals surface area contributed by atoms with Crippen LogP contribution < -0.4 is 4.90 Å². The van der Waals surface area contributed by atoms with Crippen molar-refractivity contribution in [2.75, 3.05) is 24.5 Å². The molecule has 0 atom stereocenters. The molecular formula is C78H78N4O6S3. The molecule has 3 aliphatic heterocycles. The van der Waals surface area contributed by atoms with Crippen LogP contribution in [0.25, 0.3) is 62.6 Å². The molecule has 0 aliphatic carbocycles. The fourth-order valence-corrected chi connectivity index (χ4v) is 15.8.